The molecule has 0 aliphatic carbocycles. The highest BCUT2D eigenvalue weighted by atomic mass is 32.2. The number of aryl methyl sites for hydroxylation is 2. The van der Waals surface area contributed by atoms with Gasteiger partial charge in [0, 0.05) is 54.7 Å². The van der Waals surface area contributed by atoms with Crippen LogP contribution in [0.4, 0.5) is 0 Å². The molecule has 1 aromatic heterocycles. The van der Waals surface area contributed by atoms with Crippen LogP contribution in [0.15, 0.2) is 84.0 Å². The van der Waals surface area contributed by atoms with Crippen LogP contribution in [0, 0.1) is 6.92 Å². The van der Waals surface area contributed by atoms with E-state index in [0.29, 0.717) is 26.1 Å². The average Bonchev–Trinajstić information content (AvgIpc) is 3.48. The van der Waals surface area contributed by atoms with Crippen molar-refractivity contribution in [1.82, 2.24) is 24.6 Å². The lowest BCUT2D eigenvalue weighted by Crippen LogP contribution is -2.55. The second-order valence-electron chi connectivity index (χ2n) is 11.6. The van der Waals surface area contributed by atoms with Gasteiger partial charge in [-0.3, -0.25) is 14.2 Å². The third-order valence-corrected chi connectivity index (χ3v) is 9.25. The van der Waals surface area contributed by atoms with Gasteiger partial charge in [0.25, 0.3) is 5.91 Å². The van der Waals surface area contributed by atoms with Crippen molar-refractivity contribution in [2.24, 2.45) is 0 Å². The maximum Gasteiger partial charge on any atom is 0.254 e. The number of aromatic nitrogens is 3. The molecule has 1 aliphatic heterocycles. The molecule has 7 nitrogen and oxygen atoms in total. The summed E-state index contributed by atoms with van der Waals surface area (Å²) in [6.07, 6.45) is 5.60. The monoisotopic (exact) mass is 609 g/mol. The summed E-state index contributed by atoms with van der Waals surface area (Å²) >= 11 is 1.68. The maximum absolute atomic E-state index is 13.2. The van der Waals surface area contributed by atoms with Crippen LogP contribution in [0.5, 0.6) is 0 Å². The van der Waals surface area contributed by atoms with Gasteiger partial charge in [-0.25, -0.2) is 0 Å². The van der Waals surface area contributed by atoms with E-state index in [9.17, 15) is 9.59 Å². The SMILES string of the molecule is CCCCc1ccc(C(=O)N2CCN(C(=O)CCCCSc3nnc(-c4ccccc4)n3-c3ccc(C)cc3)CC2C)cc1. The molecular weight excluding hydrogens is 566 g/mol. The number of hydrogen-bond acceptors (Lipinski definition) is 5. The number of rotatable bonds is 12. The number of carbonyl (C=O) groups excluding carboxylic acids is 2. The molecule has 4 aromatic rings. The van der Waals surface area contributed by atoms with Gasteiger partial charge < -0.3 is 9.80 Å². The number of thioether (sulfide) groups is 1. The highest BCUT2D eigenvalue weighted by molar-refractivity contribution is 7.99. The first kappa shape index (κ1) is 31.5. The van der Waals surface area contributed by atoms with Crippen LogP contribution < -0.4 is 0 Å². The van der Waals surface area contributed by atoms with E-state index in [2.05, 4.69) is 77.1 Å². The third-order valence-electron chi connectivity index (χ3n) is 8.23. The topological polar surface area (TPSA) is 71.3 Å². The Morgan fingerprint density at radius 2 is 1.64 bits per heavy atom. The summed E-state index contributed by atoms with van der Waals surface area (Å²) < 4.78 is 2.12. The number of benzene rings is 3. The number of hydrogen-bond donors (Lipinski definition) is 0. The van der Waals surface area contributed by atoms with Crippen LogP contribution in [0.2, 0.25) is 0 Å². The first-order chi connectivity index (χ1) is 21.4. The van der Waals surface area contributed by atoms with Gasteiger partial charge >= 0.3 is 0 Å². The Kier molecular flexibility index (Phi) is 10.9. The smallest absolute Gasteiger partial charge is 0.254 e. The van der Waals surface area contributed by atoms with Gasteiger partial charge in [0.15, 0.2) is 11.0 Å². The fourth-order valence-electron chi connectivity index (χ4n) is 5.61. The summed E-state index contributed by atoms with van der Waals surface area (Å²) in [6, 6.07) is 26.6. The van der Waals surface area contributed by atoms with Gasteiger partial charge in [0.05, 0.1) is 0 Å². The van der Waals surface area contributed by atoms with Crippen LogP contribution >= 0.6 is 11.8 Å². The van der Waals surface area contributed by atoms with Gasteiger partial charge in [0.2, 0.25) is 5.91 Å². The standard InChI is InChI=1S/C36H43N5O2S/c1-4-5-11-29-17-19-31(20-18-29)35(43)40-24-23-39(26-28(40)3)33(42)14-9-10-25-44-36-38-37-34(30-12-7-6-8-13-30)41(36)32-21-15-27(2)16-22-32/h6-8,12-13,15-22,28H,4-5,9-11,14,23-26H2,1-3H3. The van der Waals surface area contributed by atoms with Crippen molar-refractivity contribution in [1.29, 1.82) is 0 Å². The molecule has 0 saturated carbocycles. The Bertz CT molecular complexity index is 1520. The molecule has 0 N–H and O–H groups in total. The zero-order valence-corrected chi connectivity index (χ0v) is 26.9. The van der Waals surface area contributed by atoms with Gasteiger partial charge in [-0.2, -0.15) is 0 Å². The number of carbonyl (C=O) groups is 2. The van der Waals surface area contributed by atoms with Crippen molar-refractivity contribution in [3.05, 3.63) is 95.6 Å². The molecular formula is C36H43N5O2S. The first-order valence-corrected chi connectivity index (χ1v) is 16.8. The number of nitrogens with zero attached hydrogens (tertiary/aromatic N) is 5. The molecule has 3 aromatic carbocycles. The zero-order chi connectivity index (χ0) is 30.9. The Balaban J connectivity index is 1.10. The molecule has 2 amide bonds. The predicted molar refractivity (Wildman–Crippen MR) is 178 cm³/mol. The lowest BCUT2D eigenvalue weighted by Gasteiger charge is -2.40. The fraction of sp³-hybridized carbons (Fsp3) is 0.389. The highest BCUT2D eigenvalue weighted by Gasteiger charge is 2.30. The summed E-state index contributed by atoms with van der Waals surface area (Å²) in [5.41, 5.74) is 5.26. The lowest BCUT2D eigenvalue weighted by atomic mass is 10.0. The van der Waals surface area contributed by atoms with Crippen LogP contribution in [0.3, 0.4) is 0 Å². The molecule has 0 bridgehead atoms. The van der Waals surface area contributed by atoms with Gasteiger partial charge in [-0.1, -0.05) is 85.3 Å². The Morgan fingerprint density at radius 1 is 0.886 bits per heavy atom. The first-order valence-electron chi connectivity index (χ1n) is 15.8. The Labute approximate surface area is 265 Å². The van der Waals surface area contributed by atoms with Crippen molar-refractivity contribution in [3.8, 4) is 17.1 Å². The minimum absolute atomic E-state index is 0.0116. The summed E-state index contributed by atoms with van der Waals surface area (Å²) in [7, 11) is 0. The van der Waals surface area contributed by atoms with Crippen molar-refractivity contribution < 1.29 is 9.59 Å². The summed E-state index contributed by atoms with van der Waals surface area (Å²) in [4.78, 5) is 30.1. The van der Waals surface area contributed by atoms with Crippen molar-refractivity contribution >= 4 is 23.6 Å². The van der Waals surface area contributed by atoms with E-state index in [0.717, 1.165) is 65.7 Å². The van der Waals surface area contributed by atoms with Crippen LogP contribution in [-0.4, -0.2) is 67.8 Å². The van der Waals surface area contributed by atoms with E-state index in [4.69, 9.17) is 0 Å². The molecule has 8 heteroatoms. The molecule has 44 heavy (non-hydrogen) atoms. The average molecular weight is 610 g/mol. The molecule has 1 aliphatic rings. The van der Waals surface area contributed by atoms with Crippen LogP contribution in [0.1, 0.15) is 67.4 Å². The lowest BCUT2D eigenvalue weighted by molar-refractivity contribution is -0.133. The zero-order valence-electron chi connectivity index (χ0n) is 26.1. The number of unbranched alkanes of at least 4 members (excludes halogenated alkanes) is 2. The summed E-state index contributed by atoms with van der Waals surface area (Å²) in [5.74, 6) is 1.89. The van der Waals surface area contributed by atoms with E-state index in [-0.39, 0.29) is 17.9 Å². The van der Waals surface area contributed by atoms with E-state index in [1.165, 1.54) is 11.1 Å². The molecule has 1 saturated heterocycles. The maximum atomic E-state index is 13.2. The van der Waals surface area contributed by atoms with E-state index >= 15 is 0 Å². The molecule has 1 fully saturated rings. The Hall–Kier alpha value is -3.91. The summed E-state index contributed by atoms with van der Waals surface area (Å²) in [6.45, 7) is 8.04. The molecule has 0 spiro atoms. The largest absolute Gasteiger partial charge is 0.339 e. The number of piperazine rings is 1. The quantitative estimate of drug-likeness (QED) is 0.125. The molecule has 2 heterocycles. The third kappa shape index (κ3) is 7.78. The second kappa shape index (κ2) is 15.2. The van der Waals surface area contributed by atoms with Crippen molar-refractivity contribution in [3.63, 3.8) is 0 Å². The van der Waals surface area contributed by atoms with E-state index in [1.54, 1.807) is 11.8 Å². The van der Waals surface area contributed by atoms with E-state index in [1.807, 2.05) is 47.1 Å². The summed E-state index contributed by atoms with van der Waals surface area (Å²) in [5, 5.41) is 9.92. The molecule has 230 valence electrons. The van der Waals surface area contributed by atoms with Gasteiger partial charge in [0.1, 0.15) is 0 Å². The molecule has 0 radical (unpaired) electrons. The van der Waals surface area contributed by atoms with Crippen LogP contribution in [-0.2, 0) is 11.2 Å². The normalized spacial score (nSPS) is 15.0. The van der Waals surface area contributed by atoms with E-state index < -0.39 is 0 Å². The fourth-order valence-corrected chi connectivity index (χ4v) is 6.56. The molecule has 1 atom stereocenters. The predicted octanol–water partition coefficient (Wildman–Crippen LogP) is 7.22. The minimum Gasteiger partial charge on any atom is -0.339 e. The van der Waals surface area contributed by atoms with Gasteiger partial charge in [-0.05, 0) is 69.4 Å². The number of amides is 2. The highest BCUT2D eigenvalue weighted by Crippen LogP contribution is 2.29. The van der Waals surface area contributed by atoms with Gasteiger partial charge in [-0.15, -0.1) is 10.2 Å². The Morgan fingerprint density at radius 3 is 2.34 bits per heavy atom. The molecule has 5 rings (SSSR count). The second-order valence-corrected chi connectivity index (χ2v) is 12.7. The van der Waals surface area contributed by atoms with Crippen molar-refractivity contribution in [2.45, 2.75) is 70.5 Å². The van der Waals surface area contributed by atoms with Crippen LogP contribution in [0.25, 0.3) is 17.1 Å². The molecule has 1 unspecified atom stereocenters. The minimum atomic E-state index is -0.0116. The van der Waals surface area contributed by atoms with Crippen molar-refractivity contribution in [2.75, 3.05) is 25.4 Å².